The summed E-state index contributed by atoms with van der Waals surface area (Å²) in [5, 5.41) is 0. The molecule has 0 aromatic heterocycles. The summed E-state index contributed by atoms with van der Waals surface area (Å²) in [7, 11) is 1.30. The molecule has 0 aliphatic heterocycles. The number of carbonyl (C=O) groups is 2. The highest BCUT2D eigenvalue weighted by atomic mass is 16.5. The molecule has 3 heteroatoms. The largest absolute Gasteiger partial charge is 0.466 e. The zero-order valence-corrected chi connectivity index (χ0v) is 6.79. The number of rotatable bonds is 4. The lowest BCUT2D eigenvalue weighted by Gasteiger charge is -1.89. The normalized spacial score (nSPS) is 10.0. The molecule has 0 saturated carbocycles. The minimum atomic E-state index is -0.422. The highest BCUT2D eigenvalue weighted by Crippen LogP contribution is 1.90. The zero-order valence-electron chi connectivity index (χ0n) is 6.79. The van der Waals surface area contributed by atoms with Gasteiger partial charge in [0.1, 0.15) is 5.78 Å². The number of methoxy groups -OCH3 is 1. The van der Waals surface area contributed by atoms with Gasteiger partial charge in [0, 0.05) is 18.9 Å². The Morgan fingerprint density at radius 3 is 2.55 bits per heavy atom. The Morgan fingerprint density at radius 2 is 2.09 bits per heavy atom. The van der Waals surface area contributed by atoms with Crippen LogP contribution in [0, 0.1) is 0 Å². The van der Waals surface area contributed by atoms with Gasteiger partial charge in [0.25, 0.3) is 0 Å². The first kappa shape index (κ1) is 9.88. The lowest BCUT2D eigenvalue weighted by Crippen LogP contribution is -1.96. The van der Waals surface area contributed by atoms with Crippen molar-refractivity contribution in [2.24, 2.45) is 0 Å². The van der Waals surface area contributed by atoms with Crippen LogP contribution in [0.1, 0.15) is 19.8 Å². The molecule has 0 aromatic carbocycles. The van der Waals surface area contributed by atoms with Gasteiger partial charge in [-0.2, -0.15) is 0 Å². The molecule has 0 heterocycles. The van der Waals surface area contributed by atoms with Crippen molar-refractivity contribution in [3.8, 4) is 0 Å². The predicted molar refractivity (Wildman–Crippen MR) is 41.1 cm³/mol. The lowest BCUT2D eigenvalue weighted by molar-refractivity contribution is -0.134. The second-order valence-corrected chi connectivity index (χ2v) is 2.02. The van der Waals surface area contributed by atoms with Crippen molar-refractivity contribution >= 4 is 11.8 Å². The highest BCUT2D eigenvalue weighted by Gasteiger charge is 1.94. The molecule has 0 amide bonds. The summed E-state index contributed by atoms with van der Waals surface area (Å²) in [5.74, 6) is -0.306. The number of carbonyl (C=O) groups excluding carboxylic acids is 2. The quantitative estimate of drug-likeness (QED) is 0.452. The molecular formula is C8H12O3. The third-order valence-electron chi connectivity index (χ3n) is 1.19. The van der Waals surface area contributed by atoms with E-state index in [0.29, 0.717) is 12.8 Å². The first-order valence-electron chi connectivity index (χ1n) is 3.47. The van der Waals surface area contributed by atoms with Crippen LogP contribution in [-0.4, -0.2) is 18.9 Å². The maximum atomic E-state index is 10.7. The van der Waals surface area contributed by atoms with Crippen molar-refractivity contribution in [2.75, 3.05) is 7.11 Å². The second-order valence-electron chi connectivity index (χ2n) is 2.02. The first-order valence-corrected chi connectivity index (χ1v) is 3.47. The van der Waals surface area contributed by atoms with E-state index in [1.54, 1.807) is 6.92 Å². The molecule has 0 spiro atoms. The topological polar surface area (TPSA) is 43.4 Å². The minimum Gasteiger partial charge on any atom is -0.466 e. The van der Waals surface area contributed by atoms with Gasteiger partial charge in [0.2, 0.25) is 0 Å². The van der Waals surface area contributed by atoms with Crippen LogP contribution in [0.15, 0.2) is 12.2 Å². The van der Waals surface area contributed by atoms with Gasteiger partial charge in [-0.15, -0.1) is 0 Å². The smallest absolute Gasteiger partial charge is 0.330 e. The van der Waals surface area contributed by atoms with Gasteiger partial charge in [-0.25, -0.2) is 4.79 Å². The van der Waals surface area contributed by atoms with Crippen molar-refractivity contribution < 1.29 is 14.3 Å². The summed E-state index contributed by atoms with van der Waals surface area (Å²) < 4.78 is 4.33. The molecule has 11 heavy (non-hydrogen) atoms. The average Bonchev–Trinajstić information content (AvgIpc) is 2.04. The van der Waals surface area contributed by atoms with Crippen LogP contribution in [0.2, 0.25) is 0 Å². The Balaban J connectivity index is 3.60. The third kappa shape index (κ3) is 5.33. The zero-order chi connectivity index (χ0) is 8.69. The van der Waals surface area contributed by atoms with Crippen LogP contribution in [0.5, 0.6) is 0 Å². The fourth-order valence-corrected chi connectivity index (χ4v) is 0.499. The number of allylic oxidation sites excluding steroid dienone is 1. The molecule has 0 aliphatic rings. The third-order valence-corrected chi connectivity index (χ3v) is 1.19. The number of ether oxygens (including phenoxy) is 1. The van der Waals surface area contributed by atoms with E-state index < -0.39 is 5.97 Å². The SMILES string of the molecule is CCC(=O)CC=CC(=O)OC. The van der Waals surface area contributed by atoms with E-state index in [-0.39, 0.29) is 5.78 Å². The summed E-state index contributed by atoms with van der Waals surface area (Å²) in [5.41, 5.74) is 0. The monoisotopic (exact) mass is 156 g/mol. The Labute approximate surface area is 66.0 Å². The summed E-state index contributed by atoms with van der Waals surface area (Å²) in [6.07, 6.45) is 3.59. The Bertz CT molecular complexity index is 170. The van der Waals surface area contributed by atoms with Crippen LogP contribution in [0.3, 0.4) is 0 Å². The van der Waals surface area contributed by atoms with Gasteiger partial charge in [-0.3, -0.25) is 4.79 Å². The molecule has 0 bridgehead atoms. The summed E-state index contributed by atoms with van der Waals surface area (Å²) in [4.78, 5) is 21.1. The van der Waals surface area contributed by atoms with Crippen molar-refractivity contribution in [1.82, 2.24) is 0 Å². The van der Waals surface area contributed by atoms with Crippen molar-refractivity contribution in [3.63, 3.8) is 0 Å². The second kappa shape index (κ2) is 5.65. The number of hydrogen-bond donors (Lipinski definition) is 0. The van der Waals surface area contributed by atoms with Gasteiger partial charge in [0.15, 0.2) is 0 Å². The molecule has 0 radical (unpaired) electrons. The molecule has 3 nitrogen and oxygen atoms in total. The van der Waals surface area contributed by atoms with E-state index in [4.69, 9.17) is 0 Å². The molecular weight excluding hydrogens is 144 g/mol. The number of Topliss-reactive ketones (excluding diaryl/α,β-unsaturated/α-hetero) is 1. The molecule has 0 N–H and O–H groups in total. The van der Waals surface area contributed by atoms with Crippen molar-refractivity contribution in [1.29, 1.82) is 0 Å². The van der Waals surface area contributed by atoms with E-state index in [2.05, 4.69) is 4.74 Å². The molecule has 0 aromatic rings. The number of esters is 1. The van der Waals surface area contributed by atoms with Gasteiger partial charge < -0.3 is 4.74 Å². The Morgan fingerprint density at radius 1 is 1.45 bits per heavy atom. The Hall–Kier alpha value is -1.12. The maximum absolute atomic E-state index is 10.7. The van der Waals surface area contributed by atoms with Crippen molar-refractivity contribution in [3.05, 3.63) is 12.2 Å². The average molecular weight is 156 g/mol. The number of ketones is 1. The first-order chi connectivity index (χ1) is 5.20. The lowest BCUT2D eigenvalue weighted by atomic mass is 10.2. The minimum absolute atomic E-state index is 0.116. The van der Waals surface area contributed by atoms with Gasteiger partial charge >= 0.3 is 5.97 Å². The van der Waals surface area contributed by atoms with Gasteiger partial charge in [0.05, 0.1) is 7.11 Å². The van der Waals surface area contributed by atoms with Crippen LogP contribution in [0.4, 0.5) is 0 Å². The Kier molecular flexibility index (Phi) is 5.07. The summed E-state index contributed by atoms with van der Waals surface area (Å²) >= 11 is 0. The van der Waals surface area contributed by atoms with Crippen LogP contribution < -0.4 is 0 Å². The van der Waals surface area contributed by atoms with Crippen LogP contribution in [-0.2, 0) is 14.3 Å². The van der Waals surface area contributed by atoms with Gasteiger partial charge in [-0.1, -0.05) is 13.0 Å². The molecule has 62 valence electrons. The molecule has 0 saturated heterocycles. The van der Waals surface area contributed by atoms with Gasteiger partial charge in [-0.05, 0) is 0 Å². The molecule has 0 aliphatic carbocycles. The number of hydrogen-bond acceptors (Lipinski definition) is 3. The van der Waals surface area contributed by atoms with E-state index >= 15 is 0 Å². The maximum Gasteiger partial charge on any atom is 0.330 e. The van der Waals surface area contributed by atoms with Crippen LogP contribution in [0.25, 0.3) is 0 Å². The summed E-state index contributed by atoms with van der Waals surface area (Å²) in [6, 6.07) is 0. The van der Waals surface area contributed by atoms with Crippen LogP contribution >= 0.6 is 0 Å². The fraction of sp³-hybridized carbons (Fsp3) is 0.500. The molecule has 0 unspecified atom stereocenters. The summed E-state index contributed by atoms with van der Waals surface area (Å²) in [6.45, 7) is 1.79. The standard InChI is InChI=1S/C8H12O3/c1-3-7(9)5-4-6-8(10)11-2/h4,6H,3,5H2,1-2H3. The molecule has 0 fully saturated rings. The molecule has 0 atom stereocenters. The highest BCUT2D eigenvalue weighted by molar-refractivity contribution is 5.84. The molecule has 0 rings (SSSR count). The van der Waals surface area contributed by atoms with E-state index in [0.717, 1.165) is 0 Å². The van der Waals surface area contributed by atoms with E-state index in [1.807, 2.05) is 0 Å². The fourth-order valence-electron chi connectivity index (χ4n) is 0.499. The van der Waals surface area contributed by atoms with Crippen molar-refractivity contribution in [2.45, 2.75) is 19.8 Å². The van der Waals surface area contributed by atoms with E-state index in [9.17, 15) is 9.59 Å². The van der Waals surface area contributed by atoms with E-state index in [1.165, 1.54) is 19.3 Å². The predicted octanol–water partition coefficient (Wildman–Crippen LogP) is 1.08.